The molecule has 2 rings (SSSR count). The lowest BCUT2D eigenvalue weighted by atomic mass is 9.95. The molecule has 2 aromatic carbocycles. The highest BCUT2D eigenvalue weighted by Crippen LogP contribution is 2.21. The second kappa shape index (κ2) is 7.55. The second-order valence-corrected chi connectivity index (χ2v) is 7.21. The van der Waals surface area contributed by atoms with E-state index in [1.54, 1.807) is 14.0 Å². The Bertz CT molecular complexity index is 778. The van der Waals surface area contributed by atoms with Crippen molar-refractivity contribution in [3.8, 4) is 5.75 Å². The molecule has 0 saturated heterocycles. The number of carbonyl (C=O) groups is 2. The van der Waals surface area contributed by atoms with Crippen LogP contribution in [0.3, 0.4) is 0 Å². The topological polar surface area (TPSA) is 67.4 Å². The monoisotopic (exact) mass is 342 g/mol. The summed E-state index contributed by atoms with van der Waals surface area (Å²) >= 11 is 0. The summed E-state index contributed by atoms with van der Waals surface area (Å²) in [6.45, 7) is 7.55. The van der Waals surface area contributed by atoms with Crippen molar-refractivity contribution < 1.29 is 14.3 Å². The minimum atomic E-state index is -0.573. The van der Waals surface area contributed by atoms with Gasteiger partial charge in [0.05, 0.1) is 7.11 Å². The Morgan fingerprint density at radius 1 is 1.08 bits per heavy atom. The minimum absolute atomic E-state index is 0.144. The molecule has 0 saturated carbocycles. The molecule has 1 unspecified atom stereocenters. The Balaban J connectivity index is 1.97. The molecular formula is C20H26N2O3. The predicted molar refractivity (Wildman–Crippen MR) is 99.4 cm³/mol. The van der Waals surface area contributed by atoms with E-state index in [0.717, 1.165) is 22.1 Å². The molecule has 134 valence electrons. The molecule has 0 aliphatic carbocycles. The number of hydrogen-bond donors (Lipinski definition) is 2. The predicted octanol–water partition coefficient (Wildman–Crippen LogP) is 3.02. The summed E-state index contributed by atoms with van der Waals surface area (Å²) in [6.07, 6.45) is 0. The Labute approximate surface area is 148 Å². The van der Waals surface area contributed by atoms with Crippen LogP contribution >= 0.6 is 0 Å². The molecule has 0 aromatic heterocycles. The van der Waals surface area contributed by atoms with Crippen molar-refractivity contribution in [3.05, 3.63) is 42.0 Å². The van der Waals surface area contributed by atoms with Crippen molar-refractivity contribution in [1.82, 2.24) is 10.6 Å². The molecule has 2 aromatic rings. The highest BCUT2D eigenvalue weighted by Gasteiger charge is 2.24. The standard InChI is InChI=1S/C20H26N2O3/c1-13(22-19(24)20(2,3)4)18(23)21-12-14-6-7-16-11-17(25-5)9-8-15(16)10-14/h6-11,13H,12H2,1-5H3,(H,21,23)(H,22,24). The lowest BCUT2D eigenvalue weighted by molar-refractivity contribution is -0.133. The molecule has 2 N–H and O–H groups in total. The Hall–Kier alpha value is -2.56. The van der Waals surface area contributed by atoms with Gasteiger partial charge in [0, 0.05) is 12.0 Å². The van der Waals surface area contributed by atoms with Gasteiger partial charge >= 0.3 is 0 Å². The van der Waals surface area contributed by atoms with Gasteiger partial charge in [0.2, 0.25) is 11.8 Å². The number of nitrogens with one attached hydrogen (secondary N) is 2. The van der Waals surface area contributed by atoms with E-state index < -0.39 is 11.5 Å². The Morgan fingerprint density at radius 2 is 1.72 bits per heavy atom. The number of ether oxygens (including phenoxy) is 1. The molecule has 5 nitrogen and oxygen atoms in total. The molecule has 0 bridgehead atoms. The van der Waals surface area contributed by atoms with Crippen molar-refractivity contribution in [1.29, 1.82) is 0 Å². The lowest BCUT2D eigenvalue weighted by Crippen LogP contribution is -2.48. The van der Waals surface area contributed by atoms with Crippen LogP contribution in [0.15, 0.2) is 36.4 Å². The van der Waals surface area contributed by atoms with E-state index in [-0.39, 0.29) is 11.8 Å². The van der Waals surface area contributed by atoms with Crippen molar-refractivity contribution in [3.63, 3.8) is 0 Å². The van der Waals surface area contributed by atoms with E-state index in [2.05, 4.69) is 10.6 Å². The van der Waals surface area contributed by atoms with Gasteiger partial charge in [0.15, 0.2) is 0 Å². The van der Waals surface area contributed by atoms with Gasteiger partial charge in [0.1, 0.15) is 11.8 Å². The molecule has 5 heteroatoms. The number of hydrogen-bond acceptors (Lipinski definition) is 3. The summed E-state index contributed by atoms with van der Waals surface area (Å²) in [7, 11) is 1.64. The van der Waals surface area contributed by atoms with Crippen LogP contribution in [0.25, 0.3) is 10.8 Å². The van der Waals surface area contributed by atoms with Crippen molar-refractivity contribution in [2.45, 2.75) is 40.3 Å². The SMILES string of the molecule is COc1ccc2cc(CNC(=O)C(C)NC(=O)C(C)(C)C)ccc2c1. The van der Waals surface area contributed by atoms with E-state index >= 15 is 0 Å². The van der Waals surface area contributed by atoms with Crippen LogP contribution in [0.2, 0.25) is 0 Å². The Kier molecular flexibility index (Phi) is 5.67. The van der Waals surface area contributed by atoms with Crippen LogP contribution in [-0.4, -0.2) is 25.0 Å². The first-order chi connectivity index (χ1) is 11.7. The summed E-state index contributed by atoms with van der Waals surface area (Å²) in [5.41, 5.74) is 0.480. The Morgan fingerprint density at radius 3 is 2.36 bits per heavy atom. The fraction of sp³-hybridized carbons (Fsp3) is 0.400. The molecule has 0 heterocycles. The molecule has 0 spiro atoms. The third-order valence-corrected chi connectivity index (χ3v) is 4.00. The van der Waals surface area contributed by atoms with Crippen LogP contribution < -0.4 is 15.4 Å². The van der Waals surface area contributed by atoms with Gasteiger partial charge in [-0.05, 0) is 41.5 Å². The maximum absolute atomic E-state index is 12.2. The van der Waals surface area contributed by atoms with Crippen LogP contribution in [0.1, 0.15) is 33.3 Å². The normalized spacial score (nSPS) is 12.5. The molecule has 2 amide bonds. The average molecular weight is 342 g/mol. The van der Waals surface area contributed by atoms with E-state index in [1.165, 1.54) is 0 Å². The molecular weight excluding hydrogens is 316 g/mol. The summed E-state index contributed by atoms with van der Waals surface area (Å²) < 4.78 is 5.22. The zero-order valence-electron chi connectivity index (χ0n) is 15.5. The van der Waals surface area contributed by atoms with Gasteiger partial charge in [0.25, 0.3) is 0 Å². The molecule has 0 fully saturated rings. The third-order valence-electron chi connectivity index (χ3n) is 4.00. The number of rotatable bonds is 5. The van der Waals surface area contributed by atoms with Crippen molar-refractivity contribution in [2.24, 2.45) is 5.41 Å². The van der Waals surface area contributed by atoms with Crippen LogP contribution in [-0.2, 0) is 16.1 Å². The average Bonchev–Trinajstić information content (AvgIpc) is 2.57. The minimum Gasteiger partial charge on any atom is -0.497 e. The molecule has 0 radical (unpaired) electrons. The third kappa shape index (κ3) is 4.95. The number of methoxy groups -OCH3 is 1. The summed E-state index contributed by atoms with van der Waals surface area (Å²) in [5, 5.41) is 7.77. The maximum Gasteiger partial charge on any atom is 0.242 e. The largest absolute Gasteiger partial charge is 0.497 e. The van der Waals surface area contributed by atoms with Gasteiger partial charge in [-0.3, -0.25) is 9.59 Å². The first kappa shape index (κ1) is 18.8. The van der Waals surface area contributed by atoms with Crippen molar-refractivity contribution in [2.75, 3.05) is 7.11 Å². The number of amides is 2. The maximum atomic E-state index is 12.2. The lowest BCUT2D eigenvalue weighted by Gasteiger charge is -2.21. The van der Waals surface area contributed by atoms with E-state index in [4.69, 9.17) is 4.74 Å². The van der Waals surface area contributed by atoms with E-state index in [1.807, 2.05) is 57.2 Å². The van der Waals surface area contributed by atoms with Gasteiger partial charge < -0.3 is 15.4 Å². The van der Waals surface area contributed by atoms with Crippen LogP contribution in [0.5, 0.6) is 5.75 Å². The summed E-state index contributed by atoms with van der Waals surface area (Å²) in [4.78, 5) is 24.1. The van der Waals surface area contributed by atoms with E-state index in [0.29, 0.717) is 6.54 Å². The van der Waals surface area contributed by atoms with Gasteiger partial charge in [-0.15, -0.1) is 0 Å². The first-order valence-corrected chi connectivity index (χ1v) is 8.36. The number of fused-ring (bicyclic) bond motifs is 1. The first-order valence-electron chi connectivity index (χ1n) is 8.36. The number of carbonyl (C=O) groups excluding carboxylic acids is 2. The highest BCUT2D eigenvalue weighted by atomic mass is 16.5. The molecule has 0 aliphatic rings. The van der Waals surface area contributed by atoms with Crippen molar-refractivity contribution >= 4 is 22.6 Å². The highest BCUT2D eigenvalue weighted by molar-refractivity contribution is 5.89. The zero-order chi connectivity index (χ0) is 18.6. The zero-order valence-corrected chi connectivity index (χ0v) is 15.5. The molecule has 0 aliphatic heterocycles. The quantitative estimate of drug-likeness (QED) is 0.878. The molecule has 25 heavy (non-hydrogen) atoms. The fourth-order valence-electron chi connectivity index (χ4n) is 2.33. The van der Waals surface area contributed by atoms with Gasteiger partial charge in [-0.2, -0.15) is 0 Å². The summed E-state index contributed by atoms with van der Waals surface area (Å²) in [6, 6.07) is 11.3. The van der Waals surface area contributed by atoms with Gasteiger partial charge in [-0.1, -0.05) is 39.0 Å². The number of benzene rings is 2. The van der Waals surface area contributed by atoms with Crippen LogP contribution in [0, 0.1) is 5.41 Å². The van der Waals surface area contributed by atoms with Gasteiger partial charge in [-0.25, -0.2) is 0 Å². The fourth-order valence-corrected chi connectivity index (χ4v) is 2.33. The summed E-state index contributed by atoms with van der Waals surface area (Å²) in [5.74, 6) is 0.471. The van der Waals surface area contributed by atoms with Crippen LogP contribution in [0.4, 0.5) is 0 Å². The smallest absolute Gasteiger partial charge is 0.242 e. The molecule has 1 atom stereocenters. The van der Waals surface area contributed by atoms with E-state index in [9.17, 15) is 9.59 Å². The second-order valence-electron chi connectivity index (χ2n) is 7.21.